The predicted octanol–water partition coefficient (Wildman–Crippen LogP) is 5.12. The molecule has 1 rings (SSSR count). The zero-order valence-corrected chi connectivity index (χ0v) is 14.4. The van der Waals surface area contributed by atoms with E-state index in [9.17, 15) is 4.79 Å². The van der Waals surface area contributed by atoms with Crippen LogP contribution < -0.4 is 0 Å². The summed E-state index contributed by atoms with van der Waals surface area (Å²) in [6.07, 6.45) is 2.37. The first kappa shape index (κ1) is 18.3. The van der Waals surface area contributed by atoms with Gasteiger partial charge in [-0.1, -0.05) is 60.5 Å². The normalized spacial score (nSPS) is 14.9. The average Bonchev–Trinajstić information content (AvgIpc) is 2.39. The van der Waals surface area contributed by atoms with Gasteiger partial charge in [0.2, 0.25) is 0 Å². The van der Waals surface area contributed by atoms with E-state index >= 15 is 0 Å². The molecule has 0 amide bonds. The Morgan fingerprint density at radius 1 is 1.33 bits per heavy atom. The topological polar surface area (TPSA) is 26.3 Å². The molecule has 2 unspecified atom stereocenters. The maximum atomic E-state index is 11.9. The molecule has 0 bridgehead atoms. The second-order valence-electron chi connectivity index (χ2n) is 5.16. The predicted molar refractivity (Wildman–Crippen MR) is 88.9 cm³/mol. The van der Waals surface area contributed by atoms with Gasteiger partial charge < -0.3 is 4.74 Å². The van der Waals surface area contributed by atoms with Crippen molar-refractivity contribution < 1.29 is 9.53 Å². The third kappa shape index (κ3) is 6.29. The molecule has 0 aliphatic rings. The lowest BCUT2D eigenvalue weighted by atomic mass is 9.77. The molecular weight excluding hydrogens is 331 g/mol. The number of benzene rings is 1. The van der Waals surface area contributed by atoms with Crippen LogP contribution in [-0.4, -0.2) is 18.0 Å². The highest BCUT2D eigenvalue weighted by Crippen LogP contribution is 2.36. The minimum atomic E-state index is -0.538. The molecule has 1 aromatic rings. The van der Waals surface area contributed by atoms with Crippen LogP contribution in [0.25, 0.3) is 0 Å². The first-order valence-electron chi connectivity index (χ1n) is 6.74. The van der Waals surface area contributed by atoms with Crippen LogP contribution in [0, 0.1) is 5.41 Å². The summed E-state index contributed by atoms with van der Waals surface area (Å²) in [6, 6.07) is 9.85. The molecule has 0 fully saturated rings. The molecule has 5 heteroatoms. The van der Waals surface area contributed by atoms with E-state index in [4.69, 9.17) is 39.5 Å². The van der Waals surface area contributed by atoms with Gasteiger partial charge in [0.05, 0.1) is 18.4 Å². The van der Waals surface area contributed by atoms with E-state index < -0.39 is 10.8 Å². The van der Waals surface area contributed by atoms with Crippen LogP contribution in [0.4, 0.5) is 0 Å². The van der Waals surface area contributed by atoms with Crippen molar-refractivity contribution in [3.63, 3.8) is 0 Å². The standard InChI is InChI=1S/C16H19Cl3O2/c1-3-21-15(20)11-16(2,13(17)9-14(18)19)10-12-7-5-4-6-8-12/h4-9,13H,3,10-11H2,1-2H3. The molecule has 1 aromatic carbocycles. The summed E-state index contributed by atoms with van der Waals surface area (Å²) < 4.78 is 5.14. The first-order valence-corrected chi connectivity index (χ1v) is 7.93. The quantitative estimate of drug-likeness (QED) is 0.505. The lowest BCUT2D eigenvalue weighted by Crippen LogP contribution is -2.33. The fourth-order valence-electron chi connectivity index (χ4n) is 2.17. The highest BCUT2D eigenvalue weighted by molar-refractivity contribution is 6.56. The molecule has 2 atom stereocenters. The van der Waals surface area contributed by atoms with E-state index in [0.29, 0.717) is 13.0 Å². The largest absolute Gasteiger partial charge is 0.466 e. The molecule has 0 aromatic heterocycles. The SMILES string of the molecule is CCOC(=O)CC(C)(Cc1ccccc1)C(Cl)C=C(Cl)Cl. The minimum absolute atomic E-state index is 0.0955. The zero-order valence-electron chi connectivity index (χ0n) is 12.1. The molecule has 0 radical (unpaired) electrons. The Balaban J connectivity index is 2.97. The van der Waals surface area contributed by atoms with E-state index in [1.165, 1.54) is 0 Å². The second kappa shape index (κ2) is 8.67. The summed E-state index contributed by atoms with van der Waals surface area (Å²) in [5.41, 5.74) is 0.554. The molecular formula is C16H19Cl3O2. The van der Waals surface area contributed by atoms with Crippen molar-refractivity contribution in [1.82, 2.24) is 0 Å². The molecule has 0 aliphatic heterocycles. The van der Waals surface area contributed by atoms with Gasteiger partial charge in [0.25, 0.3) is 0 Å². The fourth-order valence-corrected chi connectivity index (χ4v) is 2.83. The monoisotopic (exact) mass is 348 g/mol. The number of rotatable bonds is 7. The van der Waals surface area contributed by atoms with Gasteiger partial charge in [-0.2, -0.15) is 0 Å². The Labute approximate surface area is 141 Å². The number of allylic oxidation sites excluding steroid dienone is 1. The summed E-state index contributed by atoms with van der Waals surface area (Å²) in [7, 11) is 0. The van der Waals surface area contributed by atoms with Crippen molar-refractivity contribution >= 4 is 40.8 Å². The van der Waals surface area contributed by atoms with E-state index in [0.717, 1.165) is 5.56 Å². The smallest absolute Gasteiger partial charge is 0.306 e. The summed E-state index contributed by atoms with van der Waals surface area (Å²) in [4.78, 5) is 11.9. The molecule has 0 heterocycles. The third-order valence-electron chi connectivity index (χ3n) is 3.24. The van der Waals surface area contributed by atoms with Crippen LogP contribution >= 0.6 is 34.8 Å². The van der Waals surface area contributed by atoms with E-state index in [1.54, 1.807) is 13.0 Å². The Hall–Kier alpha value is -0.700. The van der Waals surface area contributed by atoms with Crippen molar-refractivity contribution in [2.24, 2.45) is 5.41 Å². The Morgan fingerprint density at radius 2 is 1.95 bits per heavy atom. The Bertz CT molecular complexity index is 484. The van der Waals surface area contributed by atoms with E-state index in [-0.39, 0.29) is 16.9 Å². The summed E-state index contributed by atoms with van der Waals surface area (Å²) >= 11 is 17.8. The second-order valence-corrected chi connectivity index (χ2v) is 6.63. The molecule has 0 N–H and O–H groups in total. The van der Waals surface area contributed by atoms with Gasteiger partial charge in [0.1, 0.15) is 4.49 Å². The van der Waals surface area contributed by atoms with Crippen LogP contribution in [-0.2, 0) is 16.0 Å². The van der Waals surface area contributed by atoms with Gasteiger partial charge in [-0.25, -0.2) is 0 Å². The van der Waals surface area contributed by atoms with E-state index in [1.807, 2.05) is 37.3 Å². The van der Waals surface area contributed by atoms with Crippen LogP contribution in [0.1, 0.15) is 25.8 Å². The van der Waals surface area contributed by atoms with Gasteiger partial charge in [0.15, 0.2) is 0 Å². The number of hydrogen-bond donors (Lipinski definition) is 0. The number of carbonyl (C=O) groups excluding carboxylic acids is 1. The maximum Gasteiger partial charge on any atom is 0.306 e. The molecule has 0 saturated heterocycles. The van der Waals surface area contributed by atoms with Crippen molar-refractivity contribution in [3.05, 3.63) is 46.5 Å². The van der Waals surface area contributed by atoms with Crippen molar-refractivity contribution in [2.45, 2.75) is 32.1 Å². The number of carbonyl (C=O) groups is 1. The van der Waals surface area contributed by atoms with Gasteiger partial charge in [-0.15, -0.1) is 11.6 Å². The molecule has 0 aliphatic carbocycles. The number of alkyl halides is 1. The average molecular weight is 350 g/mol. The zero-order chi connectivity index (χ0) is 15.9. The van der Waals surface area contributed by atoms with Gasteiger partial charge in [0, 0.05) is 5.41 Å². The minimum Gasteiger partial charge on any atom is -0.466 e. The van der Waals surface area contributed by atoms with Gasteiger partial charge in [-0.3, -0.25) is 4.79 Å². The highest BCUT2D eigenvalue weighted by Gasteiger charge is 2.35. The number of esters is 1. The highest BCUT2D eigenvalue weighted by atomic mass is 35.5. The summed E-state index contributed by atoms with van der Waals surface area (Å²) in [5, 5.41) is -0.480. The summed E-state index contributed by atoms with van der Waals surface area (Å²) in [5.74, 6) is -0.277. The van der Waals surface area contributed by atoms with Crippen LogP contribution in [0.15, 0.2) is 40.9 Å². The lowest BCUT2D eigenvalue weighted by Gasteiger charge is -2.32. The van der Waals surface area contributed by atoms with Gasteiger partial charge >= 0.3 is 5.97 Å². The van der Waals surface area contributed by atoms with Crippen LogP contribution in [0.5, 0.6) is 0 Å². The summed E-state index contributed by atoms with van der Waals surface area (Å²) in [6.45, 7) is 4.06. The Kier molecular flexibility index (Phi) is 7.58. The lowest BCUT2D eigenvalue weighted by molar-refractivity contribution is -0.145. The first-order chi connectivity index (χ1) is 9.87. The molecule has 2 nitrogen and oxygen atoms in total. The van der Waals surface area contributed by atoms with Crippen molar-refractivity contribution in [3.8, 4) is 0 Å². The maximum absolute atomic E-state index is 11.9. The molecule has 0 spiro atoms. The number of ether oxygens (including phenoxy) is 1. The third-order valence-corrected chi connectivity index (χ3v) is 4.15. The van der Waals surface area contributed by atoms with Crippen molar-refractivity contribution in [2.75, 3.05) is 6.61 Å². The fraction of sp³-hybridized carbons (Fsp3) is 0.438. The van der Waals surface area contributed by atoms with Crippen molar-refractivity contribution in [1.29, 1.82) is 0 Å². The number of halogens is 3. The van der Waals surface area contributed by atoms with Crippen LogP contribution in [0.2, 0.25) is 0 Å². The van der Waals surface area contributed by atoms with E-state index in [2.05, 4.69) is 0 Å². The molecule has 21 heavy (non-hydrogen) atoms. The Morgan fingerprint density at radius 3 is 2.48 bits per heavy atom. The van der Waals surface area contributed by atoms with Gasteiger partial charge in [-0.05, 0) is 25.0 Å². The van der Waals surface area contributed by atoms with Crippen LogP contribution in [0.3, 0.4) is 0 Å². The molecule has 116 valence electrons. The molecule has 0 saturated carbocycles. The number of hydrogen-bond acceptors (Lipinski definition) is 2.